The number of aromatic nitrogens is 1. The van der Waals surface area contributed by atoms with Crippen LogP contribution in [0.5, 0.6) is 0 Å². The average molecular weight is 343 g/mol. The third-order valence-electron chi connectivity index (χ3n) is 3.20. The second-order valence-corrected chi connectivity index (χ2v) is 5.76. The number of carbonyl (C=O) groups is 1. The van der Waals surface area contributed by atoms with Crippen LogP contribution in [0.25, 0.3) is 0 Å². The Morgan fingerprint density at radius 1 is 1.30 bits per heavy atom. The summed E-state index contributed by atoms with van der Waals surface area (Å²) in [7, 11) is 0. The zero-order valence-corrected chi connectivity index (χ0v) is 13.4. The highest BCUT2D eigenvalue weighted by molar-refractivity contribution is 7.13. The maximum Gasteiger partial charge on any atom is 0.434 e. The van der Waals surface area contributed by atoms with Gasteiger partial charge in [-0.1, -0.05) is 12.1 Å². The van der Waals surface area contributed by atoms with Gasteiger partial charge in [0.25, 0.3) is 0 Å². The summed E-state index contributed by atoms with van der Waals surface area (Å²) < 4.78 is 37.5. The second-order valence-electron chi connectivity index (χ2n) is 4.90. The van der Waals surface area contributed by atoms with Crippen LogP contribution in [0.2, 0.25) is 0 Å². The fraction of sp³-hybridized carbons (Fsp3) is 0.333. The first-order valence-corrected chi connectivity index (χ1v) is 7.86. The number of anilines is 2. The maximum atomic E-state index is 12.5. The highest BCUT2D eigenvalue weighted by Gasteiger charge is 2.33. The molecule has 0 aliphatic carbocycles. The molecule has 2 N–H and O–H groups in total. The molecule has 0 aliphatic heterocycles. The van der Waals surface area contributed by atoms with Crippen LogP contribution in [-0.2, 0) is 11.0 Å². The molecule has 2 aromatic rings. The van der Waals surface area contributed by atoms with Crippen LogP contribution < -0.4 is 10.6 Å². The second kappa shape index (κ2) is 6.99. The number of halogens is 3. The molecule has 0 saturated heterocycles. The van der Waals surface area contributed by atoms with Gasteiger partial charge in [-0.3, -0.25) is 4.79 Å². The highest BCUT2D eigenvalue weighted by Crippen LogP contribution is 2.32. The molecule has 1 aromatic heterocycles. The zero-order valence-electron chi connectivity index (χ0n) is 12.6. The summed E-state index contributed by atoms with van der Waals surface area (Å²) in [5, 5.41) is 6.70. The summed E-state index contributed by atoms with van der Waals surface area (Å²) in [6, 6.07) is 6.94. The third-order valence-corrected chi connectivity index (χ3v) is 3.96. The van der Waals surface area contributed by atoms with Gasteiger partial charge in [0, 0.05) is 17.6 Å². The molecular formula is C15H16F3N3OS. The summed E-state index contributed by atoms with van der Waals surface area (Å²) in [5.41, 5.74) is 0.531. The molecule has 124 valence electrons. The Hall–Kier alpha value is -2.09. The number of carbonyl (C=O) groups excluding carboxylic acids is 1. The summed E-state index contributed by atoms with van der Waals surface area (Å²) in [5.74, 6) is -0.358. The summed E-state index contributed by atoms with van der Waals surface area (Å²) in [4.78, 5) is 15.3. The predicted molar refractivity (Wildman–Crippen MR) is 83.9 cm³/mol. The number of thiazole rings is 1. The fourth-order valence-electron chi connectivity index (χ4n) is 1.92. The Bertz CT molecular complexity index is 667. The van der Waals surface area contributed by atoms with Crippen molar-refractivity contribution in [3.8, 4) is 0 Å². The van der Waals surface area contributed by atoms with Crippen molar-refractivity contribution in [2.24, 2.45) is 0 Å². The number of alkyl halides is 3. The normalized spacial score (nSPS) is 12.7. The van der Waals surface area contributed by atoms with Crippen LogP contribution in [-0.4, -0.2) is 17.4 Å². The molecule has 0 bridgehead atoms. The van der Waals surface area contributed by atoms with E-state index in [1.165, 1.54) is 0 Å². The minimum Gasteiger partial charge on any atom is -0.356 e. The van der Waals surface area contributed by atoms with E-state index in [0.717, 1.165) is 22.3 Å². The van der Waals surface area contributed by atoms with Gasteiger partial charge in [0.2, 0.25) is 5.91 Å². The van der Waals surface area contributed by atoms with E-state index < -0.39 is 11.9 Å². The number of amides is 1. The minimum atomic E-state index is -4.44. The quantitative estimate of drug-likeness (QED) is 0.858. The molecule has 0 saturated carbocycles. The zero-order chi connectivity index (χ0) is 17.0. The van der Waals surface area contributed by atoms with Gasteiger partial charge in [0.15, 0.2) is 10.8 Å². The van der Waals surface area contributed by atoms with Crippen LogP contribution in [0.3, 0.4) is 0 Å². The maximum absolute atomic E-state index is 12.5. The van der Waals surface area contributed by atoms with E-state index in [2.05, 4.69) is 15.6 Å². The van der Waals surface area contributed by atoms with Crippen LogP contribution in [0.15, 0.2) is 29.6 Å². The van der Waals surface area contributed by atoms with Crippen LogP contribution >= 0.6 is 11.3 Å². The number of hydrogen-bond donors (Lipinski definition) is 2. The standard InChI is InChI=1S/C15H16F3N3OS/c1-3-19-13(22)9(2)10-4-6-11(7-5-10)20-14-21-12(8-23-14)15(16,17)18/h4-9H,3H2,1-2H3,(H,19,22)(H,20,21)/t9-/m0/s1. The van der Waals surface area contributed by atoms with Crippen molar-refractivity contribution in [1.29, 1.82) is 0 Å². The van der Waals surface area contributed by atoms with Gasteiger partial charge in [-0.25, -0.2) is 4.98 Å². The molecule has 1 amide bonds. The summed E-state index contributed by atoms with van der Waals surface area (Å²) in [6.07, 6.45) is -4.44. The number of hydrogen-bond acceptors (Lipinski definition) is 4. The van der Waals surface area contributed by atoms with Gasteiger partial charge in [0.1, 0.15) is 0 Å². The van der Waals surface area contributed by atoms with E-state index in [-0.39, 0.29) is 17.0 Å². The van der Waals surface area contributed by atoms with Gasteiger partial charge in [-0.05, 0) is 31.5 Å². The summed E-state index contributed by atoms with van der Waals surface area (Å²) in [6.45, 7) is 4.21. The van der Waals surface area contributed by atoms with E-state index in [4.69, 9.17) is 0 Å². The van der Waals surface area contributed by atoms with Crippen molar-refractivity contribution >= 4 is 28.1 Å². The van der Waals surface area contributed by atoms with Crippen molar-refractivity contribution in [3.05, 3.63) is 40.9 Å². The molecule has 23 heavy (non-hydrogen) atoms. The average Bonchev–Trinajstić information content (AvgIpc) is 2.96. The first kappa shape index (κ1) is 17.3. The Morgan fingerprint density at radius 3 is 2.48 bits per heavy atom. The number of rotatable bonds is 5. The Morgan fingerprint density at radius 2 is 1.96 bits per heavy atom. The van der Waals surface area contributed by atoms with E-state index in [9.17, 15) is 18.0 Å². The van der Waals surface area contributed by atoms with Crippen molar-refractivity contribution in [2.75, 3.05) is 11.9 Å². The molecule has 1 atom stereocenters. The first-order valence-electron chi connectivity index (χ1n) is 6.98. The number of benzene rings is 1. The molecule has 4 nitrogen and oxygen atoms in total. The highest BCUT2D eigenvalue weighted by atomic mass is 32.1. The van der Waals surface area contributed by atoms with E-state index in [1.54, 1.807) is 31.2 Å². The molecular weight excluding hydrogens is 327 g/mol. The van der Waals surface area contributed by atoms with Crippen molar-refractivity contribution in [2.45, 2.75) is 25.9 Å². The lowest BCUT2D eigenvalue weighted by molar-refractivity contribution is -0.140. The van der Waals surface area contributed by atoms with Crippen molar-refractivity contribution in [3.63, 3.8) is 0 Å². The predicted octanol–water partition coefficient (Wildman–Crippen LogP) is 4.15. The largest absolute Gasteiger partial charge is 0.434 e. The fourth-order valence-corrected chi connectivity index (χ4v) is 2.66. The van der Waals surface area contributed by atoms with Crippen LogP contribution in [0.1, 0.15) is 31.0 Å². The van der Waals surface area contributed by atoms with Gasteiger partial charge < -0.3 is 10.6 Å². The minimum absolute atomic E-state index is 0.0667. The first-order chi connectivity index (χ1) is 10.8. The number of nitrogens with zero attached hydrogens (tertiary/aromatic N) is 1. The molecule has 1 heterocycles. The van der Waals surface area contributed by atoms with Crippen molar-refractivity contribution in [1.82, 2.24) is 10.3 Å². The molecule has 8 heteroatoms. The van der Waals surface area contributed by atoms with Gasteiger partial charge >= 0.3 is 6.18 Å². The lowest BCUT2D eigenvalue weighted by Crippen LogP contribution is -2.27. The molecule has 0 aliphatic rings. The van der Waals surface area contributed by atoms with Crippen LogP contribution in [0, 0.1) is 0 Å². The van der Waals surface area contributed by atoms with E-state index >= 15 is 0 Å². The number of nitrogens with one attached hydrogen (secondary N) is 2. The Balaban J connectivity index is 2.05. The van der Waals surface area contributed by atoms with E-state index in [1.807, 2.05) is 6.92 Å². The van der Waals surface area contributed by atoms with Gasteiger partial charge in [-0.15, -0.1) is 11.3 Å². The topological polar surface area (TPSA) is 54.0 Å². The molecule has 0 unspecified atom stereocenters. The molecule has 0 radical (unpaired) electrons. The Labute approximate surface area is 135 Å². The lowest BCUT2D eigenvalue weighted by Gasteiger charge is -2.12. The van der Waals surface area contributed by atoms with Crippen molar-refractivity contribution < 1.29 is 18.0 Å². The summed E-state index contributed by atoms with van der Waals surface area (Å²) >= 11 is 0.887. The molecule has 2 rings (SSSR count). The monoisotopic (exact) mass is 343 g/mol. The van der Waals surface area contributed by atoms with Gasteiger partial charge in [0.05, 0.1) is 5.92 Å². The van der Waals surface area contributed by atoms with Gasteiger partial charge in [-0.2, -0.15) is 13.2 Å². The van der Waals surface area contributed by atoms with E-state index in [0.29, 0.717) is 12.2 Å². The molecule has 0 fully saturated rings. The Kier molecular flexibility index (Phi) is 5.25. The number of likely N-dealkylation sites (N-methyl/N-ethyl adjacent to an activating group) is 1. The third kappa shape index (κ3) is 4.44. The van der Waals surface area contributed by atoms with Crippen LogP contribution in [0.4, 0.5) is 24.0 Å². The molecule has 0 spiro atoms. The molecule has 1 aromatic carbocycles. The SMILES string of the molecule is CCNC(=O)[C@@H](C)c1ccc(Nc2nc(C(F)(F)F)cs2)cc1. The lowest BCUT2D eigenvalue weighted by atomic mass is 10.00. The smallest absolute Gasteiger partial charge is 0.356 e.